The van der Waals surface area contributed by atoms with Crippen molar-refractivity contribution < 1.29 is 9.53 Å². The minimum absolute atomic E-state index is 0.0874. The van der Waals surface area contributed by atoms with Crippen LogP contribution in [0.15, 0.2) is 43.1 Å². The van der Waals surface area contributed by atoms with Crippen LogP contribution in [0.2, 0.25) is 0 Å². The molecule has 0 unspecified atom stereocenters. The third kappa shape index (κ3) is 2.98. The van der Waals surface area contributed by atoms with Gasteiger partial charge in [-0.25, -0.2) is 9.97 Å². The number of amides is 1. The molecular weight excluding hydrogens is 318 g/mol. The molecule has 4 heterocycles. The van der Waals surface area contributed by atoms with Crippen LogP contribution in [0.4, 0.5) is 0 Å². The molecule has 1 N–H and O–H groups in total. The van der Waals surface area contributed by atoms with Gasteiger partial charge in [-0.1, -0.05) is 0 Å². The first-order valence-electron chi connectivity index (χ1n) is 8.32. The fraction of sp³-hybridized carbons (Fsp3) is 0.333. The zero-order valence-corrected chi connectivity index (χ0v) is 13.9. The predicted molar refractivity (Wildman–Crippen MR) is 91.9 cm³/mol. The van der Waals surface area contributed by atoms with Gasteiger partial charge in [0, 0.05) is 32.2 Å². The lowest BCUT2D eigenvalue weighted by atomic mass is 9.96. The molecule has 1 aliphatic heterocycles. The summed E-state index contributed by atoms with van der Waals surface area (Å²) >= 11 is 0. The number of aromatic nitrogens is 4. The lowest BCUT2D eigenvalue weighted by Crippen LogP contribution is -2.42. The Morgan fingerprint density at radius 2 is 2.08 bits per heavy atom. The predicted octanol–water partition coefficient (Wildman–Crippen LogP) is 2.01. The Labute approximate surface area is 145 Å². The van der Waals surface area contributed by atoms with Gasteiger partial charge in [-0.05, 0) is 36.6 Å². The number of aryl methyl sites for hydroxylation is 1. The summed E-state index contributed by atoms with van der Waals surface area (Å²) < 4.78 is 7.73. The van der Waals surface area contributed by atoms with Gasteiger partial charge in [0.15, 0.2) is 5.65 Å². The van der Waals surface area contributed by atoms with Crippen molar-refractivity contribution in [3.8, 4) is 0 Å². The minimum atomic E-state index is -0.165. The molecule has 1 amide bonds. The standard InChI is InChI=1S/C18H19N5O2/c1-23-11-21-15-13(6-9-20-17(15)23)18(24)22-14-3-2-10-25-16(14)12-4-7-19-8-5-12/h4-9,11,14,16H,2-3,10H2,1H3,(H,22,24)/t14-,16+/m0/s1. The number of ether oxygens (including phenoxy) is 1. The summed E-state index contributed by atoms with van der Waals surface area (Å²) in [5.41, 5.74) is 2.86. The molecule has 128 valence electrons. The second-order valence-corrected chi connectivity index (χ2v) is 6.18. The van der Waals surface area contributed by atoms with Crippen molar-refractivity contribution in [2.45, 2.75) is 25.0 Å². The lowest BCUT2D eigenvalue weighted by Gasteiger charge is -2.32. The molecule has 0 aromatic carbocycles. The second-order valence-electron chi connectivity index (χ2n) is 6.18. The van der Waals surface area contributed by atoms with Gasteiger partial charge >= 0.3 is 0 Å². The Bertz CT molecular complexity index is 893. The van der Waals surface area contributed by atoms with Crippen LogP contribution in [0.1, 0.15) is 34.9 Å². The van der Waals surface area contributed by atoms with E-state index in [-0.39, 0.29) is 18.1 Å². The number of nitrogens with one attached hydrogen (secondary N) is 1. The molecule has 7 heteroatoms. The molecule has 0 radical (unpaired) electrons. The third-order valence-electron chi connectivity index (χ3n) is 4.52. The summed E-state index contributed by atoms with van der Waals surface area (Å²) in [5, 5.41) is 3.12. The van der Waals surface area contributed by atoms with E-state index < -0.39 is 0 Å². The van der Waals surface area contributed by atoms with E-state index in [0.29, 0.717) is 23.3 Å². The zero-order chi connectivity index (χ0) is 17.2. The molecule has 0 bridgehead atoms. The number of nitrogens with zero attached hydrogens (tertiary/aromatic N) is 4. The smallest absolute Gasteiger partial charge is 0.253 e. The van der Waals surface area contributed by atoms with Crippen LogP contribution in [0.25, 0.3) is 11.2 Å². The van der Waals surface area contributed by atoms with Gasteiger partial charge in [-0.2, -0.15) is 0 Å². The van der Waals surface area contributed by atoms with Crippen molar-refractivity contribution in [2.24, 2.45) is 7.05 Å². The molecule has 3 aromatic heterocycles. The average Bonchev–Trinajstić information content (AvgIpc) is 3.04. The highest BCUT2D eigenvalue weighted by Crippen LogP contribution is 2.28. The molecule has 0 aliphatic carbocycles. The van der Waals surface area contributed by atoms with Crippen LogP contribution in [0.5, 0.6) is 0 Å². The summed E-state index contributed by atoms with van der Waals surface area (Å²) in [4.78, 5) is 25.5. The van der Waals surface area contributed by atoms with Crippen molar-refractivity contribution >= 4 is 17.1 Å². The number of imidazole rings is 1. The highest BCUT2D eigenvalue weighted by atomic mass is 16.5. The van der Waals surface area contributed by atoms with E-state index in [4.69, 9.17) is 4.74 Å². The van der Waals surface area contributed by atoms with Crippen LogP contribution in [0.3, 0.4) is 0 Å². The van der Waals surface area contributed by atoms with Crippen molar-refractivity contribution in [1.82, 2.24) is 24.8 Å². The number of hydrogen-bond donors (Lipinski definition) is 1. The van der Waals surface area contributed by atoms with E-state index in [2.05, 4.69) is 20.3 Å². The molecule has 1 fully saturated rings. The largest absolute Gasteiger partial charge is 0.371 e. The van der Waals surface area contributed by atoms with Gasteiger partial charge in [0.1, 0.15) is 11.6 Å². The number of hydrogen-bond acceptors (Lipinski definition) is 5. The van der Waals surface area contributed by atoms with Gasteiger partial charge in [-0.3, -0.25) is 9.78 Å². The molecular formula is C18H19N5O2. The van der Waals surface area contributed by atoms with Crippen molar-refractivity contribution in [2.75, 3.05) is 6.61 Å². The summed E-state index contributed by atoms with van der Waals surface area (Å²) in [6.45, 7) is 0.694. The monoisotopic (exact) mass is 337 g/mol. The van der Waals surface area contributed by atoms with E-state index in [9.17, 15) is 4.79 Å². The molecule has 7 nitrogen and oxygen atoms in total. The molecule has 1 saturated heterocycles. The third-order valence-corrected chi connectivity index (χ3v) is 4.52. The normalized spacial score (nSPS) is 20.5. The molecule has 1 aliphatic rings. The van der Waals surface area contributed by atoms with Crippen LogP contribution in [-0.2, 0) is 11.8 Å². The summed E-state index contributed by atoms with van der Waals surface area (Å²) in [6, 6.07) is 5.47. The lowest BCUT2D eigenvalue weighted by molar-refractivity contribution is -0.00948. The molecule has 4 rings (SSSR count). The van der Waals surface area contributed by atoms with Crippen LogP contribution in [0, 0.1) is 0 Å². The highest BCUT2D eigenvalue weighted by molar-refractivity contribution is 6.04. The fourth-order valence-electron chi connectivity index (χ4n) is 3.27. The van der Waals surface area contributed by atoms with Gasteiger partial charge in [0.2, 0.25) is 0 Å². The summed E-state index contributed by atoms with van der Waals surface area (Å²) in [6.07, 6.45) is 8.41. The van der Waals surface area contributed by atoms with Gasteiger partial charge < -0.3 is 14.6 Å². The summed E-state index contributed by atoms with van der Waals surface area (Å²) in [5.74, 6) is -0.152. The van der Waals surface area contributed by atoms with Crippen LogP contribution < -0.4 is 5.32 Å². The molecule has 3 aromatic rings. The van der Waals surface area contributed by atoms with Gasteiger partial charge in [0.25, 0.3) is 5.91 Å². The highest BCUT2D eigenvalue weighted by Gasteiger charge is 2.29. The number of pyridine rings is 2. The Morgan fingerprint density at radius 1 is 1.24 bits per heavy atom. The van der Waals surface area contributed by atoms with Crippen molar-refractivity contribution in [3.05, 3.63) is 54.2 Å². The zero-order valence-electron chi connectivity index (χ0n) is 13.9. The number of carbonyl (C=O) groups excluding carboxylic acids is 1. The van der Waals surface area contributed by atoms with Gasteiger partial charge in [-0.15, -0.1) is 0 Å². The topological polar surface area (TPSA) is 81.9 Å². The number of fused-ring (bicyclic) bond motifs is 1. The van der Waals surface area contributed by atoms with E-state index in [1.54, 1.807) is 35.6 Å². The van der Waals surface area contributed by atoms with Crippen LogP contribution >= 0.6 is 0 Å². The number of carbonyl (C=O) groups is 1. The fourth-order valence-corrected chi connectivity index (χ4v) is 3.27. The maximum Gasteiger partial charge on any atom is 0.253 e. The van der Waals surface area contributed by atoms with E-state index in [1.807, 2.05) is 19.2 Å². The Balaban J connectivity index is 1.60. The van der Waals surface area contributed by atoms with Crippen LogP contribution in [-0.4, -0.2) is 38.1 Å². The quantitative estimate of drug-likeness (QED) is 0.791. The maximum atomic E-state index is 12.9. The van der Waals surface area contributed by atoms with E-state index in [0.717, 1.165) is 18.4 Å². The number of rotatable bonds is 3. The maximum absolute atomic E-state index is 12.9. The molecule has 25 heavy (non-hydrogen) atoms. The van der Waals surface area contributed by atoms with Gasteiger partial charge in [0.05, 0.1) is 17.9 Å². The van der Waals surface area contributed by atoms with E-state index in [1.165, 1.54) is 0 Å². The molecule has 2 atom stereocenters. The van der Waals surface area contributed by atoms with Crippen molar-refractivity contribution in [1.29, 1.82) is 0 Å². The Hall–Kier alpha value is -2.80. The average molecular weight is 337 g/mol. The first kappa shape index (κ1) is 15.7. The SMILES string of the molecule is Cn1cnc2c(C(=O)N[C@H]3CCCO[C@@H]3c3ccncc3)ccnc21. The second kappa shape index (κ2) is 6.60. The Morgan fingerprint density at radius 3 is 2.92 bits per heavy atom. The molecule has 0 saturated carbocycles. The summed E-state index contributed by atoms with van der Waals surface area (Å²) in [7, 11) is 1.86. The first-order valence-corrected chi connectivity index (χ1v) is 8.32. The van der Waals surface area contributed by atoms with Crippen molar-refractivity contribution in [3.63, 3.8) is 0 Å². The van der Waals surface area contributed by atoms with E-state index >= 15 is 0 Å². The molecule has 0 spiro atoms. The minimum Gasteiger partial charge on any atom is -0.371 e. The Kier molecular flexibility index (Phi) is 4.15. The first-order chi connectivity index (χ1) is 12.2.